The summed E-state index contributed by atoms with van der Waals surface area (Å²) in [6, 6.07) is 8.08. The van der Waals surface area contributed by atoms with Crippen molar-refractivity contribution in [2.45, 2.75) is 18.6 Å². The molecular weight excluding hydrogens is 284 g/mol. The second-order valence-electron chi connectivity index (χ2n) is 4.60. The molecule has 2 nitrogen and oxygen atoms in total. The van der Waals surface area contributed by atoms with Gasteiger partial charge in [0.05, 0.1) is 5.56 Å². The monoisotopic (exact) mass is 298 g/mol. The SMILES string of the molecule is CNC(Cc1ccccn1)c1ccc(C(F)(F)F)c(F)c1. The predicted octanol–water partition coefficient (Wildman–Crippen LogP) is 3.74. The van der Waals surface area contributed by atoms with E-state index < -0.39 is 17.6 Å². The number of nitrogens with zero attached hydrogens (tertiary/aromatic N) is 1. The number of halogens is 4. The third-order valence-corrected chi connectivity index (χ3v) is 3.19. The molecule has 21 heavy (non-hydrogen) atoms. The van der Waals surface area contributed by atoms with Crippen molar-refractivity contribution in [2.24, 2.45) is 0 Å². The summed E-state index contributed by atoms with van der Waals surface area (Å²) in [6.07, 6.45) is -2.59. The van der Waals surface area contributed by atoms with E-state index in [-0.39, 0.29) is 6.04 Å². The van der Waals surface area contributed by atoms with Gasteiger partial charge in [-0.15, -0.1) is 0 Å². The van der Waals surface area contributed by atoms with Crippen molar-refractivity contribution >= 4 is 0 Å². The number of benzene rings is 1. The molecule has 1 heterocycles. The Hall–Kier alpha value is -1.95. The van der Waals surface area contributed by atoms with Crippen LogP contribution in [0.2, 0.25) is 0 Å². The van der Waals surface area contributed by atoms with Gasteiger partial charge in [-0.25, -0.2) is 4.39 Å². The largest absolute Gasteiger partial charge is 0.419 e. The smallest absolute Gasteiger partial charge is 0.313 e. The first kappa shape index (κ1) is 15.4. The average molecular weight is 298 g/mol. The maximum absolute atomic E-state index is 13.6. The fourth-order valence-corrected chi connectivity index (χ4v) is 2.09. The topological polar surface area (TPSA) is 24.9 Å². The number of nitrogens with one attached hydrogen (secondary N) is 1. The van der Waals surface area contributed by atoms with Crippen LogP contribution in [0.5, 0.6) is 0 Å². The molecule has 2 aromatic rings. The van der Waals surface area contributed by atoms with Crippen molar-refractivity contribution in [1.29, 1.82) is 0 Å². The van der Waals surface area contributed by atoms with Gasteiger partial charge in [0.1, 0.15) is 5.82 Å². The molecule has 1 unspecified atom stereocenters. The maximum Gasteiger partial charge on any atom is 0.419 e. The zero-order valence-corrected chi connectivity index (χ0v) is 11.3. The van der Waals surface area contributed by atoms with E-state index in [9.17, 15) is 17.6 Å². The number of aromatic nitrogens is 1. The Morgan fingerprint density at radius 3 is 2.48 bits per heavy atom. The predicted molar refractivity (Wildman–Crippen MR) is 71.1 cm³/mol. The Kier molecular flexibility index (Phi) is 4.57. The van der Waals surface area contributed by atoms with Crippen LogP contribution in [0, 0.1) is 5.82 Å². The minimum Gasteiger partial charge on any atom is -0.313 e. The van der Waals surface area contributed by atoms with Crippen LogP contribution in [0.3, 0.4) is 0 Å². The van der Waals surface area contributed by atoms with Crippen molar-refractivity contribution in [3.63, 3.8) is 0 Å². The molecule has 0 spiro atoms. The van der Waals surface area contributed by atoms with Gasteiger partial charge in [0.25, 0.3) is 0 Å². The molecule has 0 fully saturated rings. The second-order valence-corrected chi connectivity index (χ2v) is 4.60. The fourth-order valence-electron chi connectivity index (χ4n) is 2.09. The Bertz CT molecular complexity index is 596. The molecule has 2 rings (SSSR count). The van der Waals surface area contributed by atoms with Crippen molar-refractivity contribution in [3.8, 4) is 0 Å². The van der Waals surface area contributed by atoms with Crippen LogP contribution in [0.25, 0.3) is 0 Å². The van der Waals surface area contributed by atoms with Gasteiger partial charge in [0, 0.05) is 24.4 Å². The molecule has 0 amide bonds. The van der Waals surface area contributed by atoms with Crippen LogP contribution in [-0.2, 0) is 12.6 Å². The molecule has 0 aliphatic heterocycles. The second kappa shape index (κ2) is 6.22. The van der Waals surface area contributed by atoms with Gasteiger partial charge in [0.15, 0.2) is 0 Å². The zero-order chi connectivity index (χ0) is 15.5. The van der Waals surface area contributed by atoms with Gasteiger partial charge < -0.3 is 5.32 Å². The number of rotatable bonds is 4. The van der Waals surface area contributed by atoms with Crippen LogP contribution in [0.1, 0.15) is 22.9 Å². The van der Waals surface area contributed by atoms with Gasteiger partial charge in [-0.2, -0.15) is 13.2 Å². The van der Waals surface area contributed by atoms with Crippen LogP contribution >= 0.6 is 0 Å². The van der Waals surface area contributed by atoms with E-state index in [1.165, 1.54) is 6.07 Å². The van der Waals surface area contributed by atoms with E-state index >= 15 is 0 Å². The van der Waals surface area contributed by atoms with Crippen molar-refractivity contribution < 1.29 is 17.6 Å². The molecule has 6 heteroatoms. The van der Waals surface area contributed by atoms with Gasteiger partial charge in [-0.3, -0.25) is 4.98 Å². The quantitative estimate of drug-likeness (QED) is 0.870. The minimum absolute atomic E-state index is 0.309. The van der Waals surface area contributed by atoms with Crippen LogP contribution in [0.4, 0.5) is 17.6 Å². The number of hydrogen-bond acceptors (Lipinski definition) is 2. The number of hydrogen-bond donors (Lipinski definition) is 1. The standard InChI is InChI=1S/C15H14F4N2/c1-20-14(9-11-4-2-3-7-21-11)10-5-6-12(13(16)8-10)15(17,18)19/h2-8,14,20H,9H2,1H3. The minimum atomic E-state index is -4.68. The van der Waals surface area contributed by atoms with Crippen molar-refractivity contribution in [1.82, 2.24) is 10.3 Å². The van der Waals surface area contributed by atoms with Gasteiger partial charge in [0.2, 0.25) is 0 Å². The normalized spacial score (nSPS) is 13.2. The van der Waals surface area contributed by atoms with E-state index in [4.69, 9.17) is 0 Å². The highest BCUT2D eigenvalue weighted by molar-refractivity contribution is 5.29. The molecule has 0 saturated carbocycles. The highest BCUT2D eigenvalue weighted by atomic mass is 19.4. The highest BCUT2D eigenvalue weighted by Gasteiger charge is 2.34. The van der Waals surface area contributed by atoms with Gasteiger partial charge >= 0.3 is 6.18 Å². The summed E-state index contributed by atoms with van der Waals surface area (Å²) in [5.74, 6) is -1.26. The molecule has 0 saturated heterocycles. The molecule has 1 atom stereocenters. The summed E-state index contributed by atoms with van der Waals surface area (Å²) >= 11 is 0. The van der Waals surface area contributed by atoms with E-state index in [0.717, 1.165) is 17.8 Å². The van der Waals surface area contributed by atoms with Crippen LogP contribution in [0.15, 0.2) is 42.6 Å². The zero-order valence-electron chi connectivity index (χ0n) is 11.3. The van der Waals surface area contributed by atoms with Crippen LogP contribution in [-0.4, -0.2) is 12.0 Å². The highest BCUT2D eigenvalue weighted by Crippen LogP contribution is 2.32. The summed E-state index contributed by atoms with van der Waals surface area (Å²) in [5, 5.41) is 2.96. The fraction of sp³-hybridized carbons (Fsp3) is 0.267. The van der Waals surface area contributed by atoms with Gasteiger partial charge in [-0.1, -0.05) is 12.1 Å². The van der Waals surface area contributed by atoms with Crippen LogP contribution < -0.4 is 5.32 Å². The van der Waals surface area contributed by atoms with E-state index in [1.54, 1.807) is 19.3 Å². The lowest BCUT2D eigenvalue weighted by Crippen LogP contribution is -2.20. The molecule has 1 aromatic heterocycles. The molecule has 0 radical (unpaired) electrons. The Morgan fingerprint density at radius 1 is 1.19 bits per heavy atom. The molecule has 0 aliphatic rings. The summed E-state index contributed by atoms with van der Waals surface area (Å²) in [6.45, 7) is 0. The molecule has 112 valence electrons. The molecule has 0 aliphatic carbocycles. The molecule has 1 aromatic carbocycles. The summed E-state index contributed by atoms with van der Waals surface area (Å²) in [5.41, 5.74) is -0.0234. The number of alkyl halides is 3. The molecule has 0 bridgehead atoms. The lowest BCUT2D eigenvalue weighted by atomic mass is 10.00. The first-order valence-corrected chi connectivity index (χ1v) is 6.35. The lowest BCUT2D eigenvalue weighted by molar-refractivity contribution is -0.140. The first-order chi connectivity index (χ1) is 9.91. The summed E-state index contributed by atoms with van der Waals surface area (Å²) in [4.78, 5) is 4.16. The third kappa shape index (κ3) is 3.78. The molecule has 1 N–H and O–H groups in total. The third-order valence-electron chi connectivity index (χ3n) is 3.19. The number of likely N-dealkylation sites (N-methyl/N-ethyl adjacent to an activating group) is 1. The lowest BCUT2D eigenvalue weighted by Gasteiger charge is -2.17. The maximum atomic E-state index is 13.6. The Morgan fingerprint density at radius 2 is 1.95 bits per heavy atom. The number of pyridine rings is 1. The first-order valence-electron chi connectivity index (χ1n) is 6.35. The van der Waals surface area contributed by atoms with E-state index in [1.807, 2.05) is 12.1 Å². The van der Waals surface area contributed by atoms with E-state index in [2.05, 4.69) is 10.3 Å². The van der Waals surface area contributed by atoms with Crippen molar-refractivity contribution in [3.05, 3.63) is 65.2 Å². The average Bonchev–Trinajstić information content (AvgIpc) is 2.44. The van der Waals surface area contributed by atoms with Gasteiger partial charge in [-0.05, 0) is 36.9 Å². The Labute approximate surface area is 119 Å². The van der Waals surface area contributed by atoms with Crippen molar-refractivity contribution in [2.75, 3.05) is 7.05 Å². The van der Waals surface area contributed by atoms with E-state index in [0.29, 0.717) is 12.0 Å². The summed E-state index contributed by atoms with van der Waals surface area (Å²) in [7, 11) is 1.67. The summed E-state index contributed by atoms with van der Waals surface area (Å²) < 4.78 is 51.3. The molecular formula is C15H14F4N2. The Balaban J connectivity index is 2.25.